The predicted octanol–water partition coefficient (Wildman–Crippen LogP) is 2.17. The SMILES string of the molecule is CCC(=O)Nc1c(C(=O)N2CCN(C)CC2)oc2ccccc12. The average molecular weight is 315 g/mol. The van der Waals surface area contributed by atoms with Crippen molar-refractivity contribution in [1.29, 1.82) is 0 Å². The summed E-state index contributed by atoms with van der Waals surface area (Å²) in [4.78, 5) is 28.6. The van der Waals surface area contributed by atoms with Crippen LogP contribution >= 0.6 is 0 Å². The maximum atomic E-state index is 12.8. The number of benzene rings is 1. The average Bonchev–Trinajstić information content (AvgIpc) is 2.93. The van der Waals surface area contributed by atoms with Gasteiger partial charge in [-0.3, -0.25) is 9.59 Å². The van der Waals surface area contributed by atoms with Gasteiger partial charge in [0, 0.05) is 38.0 Å². The first-order chi connectivity index (χ1) is 11.1. The number of anilines is 1. The van der Waals surface area contributed by atoms with Gasteiger partial charge in [0.2, 0.25) is 11.7 Å². The third-order valence-electron chi connectivity index (χ3n) is 4.17. The molecule has 0 saturated carbocycles. The number of nitrogens with zero attached hydrogens (tertiary/aromatic N) is 2. The predicted molar refractivity (Wildman–Crippen MR) is 88.5 cm³/mol. The largest absolute Gasteiger partial charge is 0.449 e. The van der Waals surface area contributed by atoms with Gasteiger partial charge in [0.15, 0.2) is 0 Å². The topological polar surface area (TPSA) is 65.8 Å². The number of nitrogens with one attached hydrogen (secondary N) is 1. The molecule has 2 aromatic rings. The fourth-order valence-electron chi connectivity index (χ4n) is 2.70. The van der Waals surface area contributed by atoms with Crippen LogP contribution < -0.4 is 5.32 Å². The van der Waals surface area contributed by atoms with E-state index >= 15 is 0 Å². The van der Waals surface area contributed by atoms with Crippen molar-refractivity contribution in [3.8, 4) is 0 Å². The molecule has 122 valence electrons. The monoisotopic (exact) mass is 315 g/mol. The Morgan fingerprint density at radius 3 is 2.57 bits per heavy atom. The quantitative estimate of drug-likeness (QED) is 0.943. The molecule has 1 fully saturated rings. The first-order valence-electron chi connectivity index (χ1n) is 7.89. The lowest BCUT2D eigenvalue weighted by atomic mass is 10.2. The first-order valence-corrected chi connectivity index (χ1v) is 7.89. The van der Waals surface area contributed by atoms with E-state index in [-0.39, 0.29) is 17.6 Å². The van der Waals surface area contributed by atoms with Gasteiger partial charge in [-0.25, -0.2) is 0 Å². The van der Waals surface area contributed by atoms with Crippen molar-refractivity contribution in [2.75, 3.05) is 38.5 Å². The standard InChI is InChI=1S/C17H21N3O3/c1-3-14(21)18-15-12-6-4-5-7-13(12)23-16(15)17(22)20-10-8-19(2)9-11-20/h4-7H,3,8-11H2,1-2H3,(H,18,21). The fraction of sp³-hybridized carbons (Fsp3) is 0.412. The van der Waals surface area contributed by atoms with Crippen LogP contribution in [0.1, 0.15) is 23.9 Å². The van der Waals surface area contributed by atoms with Gasteiger partial charge in [-0.05, 0) is 19.2 Å². The normalized spacial score (nSPS) is 15.8. The minimum absolute atomic E-state index is 0.135. The van der Waals surface area contributed by atoms with E-state index < -0.39 is 0 Å². The van der Waals surface area contributed by atoms with Crippen LogP contribution in [0.5, 0.6) is 0 Å². The highest BCUT2D eigenvalue weighted by Crippen LogP contribution is 2.32. The van der Waals surface area contributed by atoms with Crippen LogP contribution in [0.15, 0.2) is 28.7 Å². The van der Waals surface area contributed by atoms with Gasteiger partial charge in [-0.15, -0.1) is 0 Å². The highest BCUT2D eigenvalue weighted by Gasteiger charge is 2.27. The Kier molecular flexibility index (Phi) is 4.34. The Labute approximate surface area is 135 Å². The van der Waals surface area contributed by atoms with Gasteiger partial charge < -0.3 is 19.5 Å². The molecule has 0 bridgehead atoms. The number of likely N-dealkylation sites (N-methyl/N-ethyl adjacent to an activating group) is 1. The first kappa shape index (κ1) is 15.6. The molecular formula is C17H21N3O3. The number of carbonyl (C=O) groups excluding carboxylic acids is 2. The fourth-order valence-corrected chi connectivity index (χ4v) is 2.70. The van der Waals surface area contributed by atoms with E-state index in [1.54, 1.807) is 17.9 Å². The number of furan rings is 1. The maximum absolute atomic E-state index is 12.8. The molecule has 2 amide bonds. The van der Waals surface area contributed by atoms with E-state index in [4.69, 9.17) is 4.42 Å². The van der Waals surface area contributed by atoms with Gasteiger partial charge in [0.1, 0.15) is 11.3 Å². The molecule has 1 aromatic carbocycles. The Hall–Kier alpha value is -2.34. The van der Waals surface area contributed by atoms with Crippen molar-refractivity contribution in [3.05, 3.63) is 30.0 Å². The summed E-state index contributed by atoms with van der Waals surface area (Å²) in [5, 5.41) is 3.58. The number of amides is 2. The second-order valence-electron chi connectivity index (χ2n) is 5.80. The molecule has 0 aliphatic carbocycles. The van der Waals surface area contributed by atoms with Crippen LogP contribution in [0, 0.1) is 0 Å². The molecule has 0 atom stereocenters. The lowest BCUT2D eigenvalue weighted by molar-refractivity contribution is -0.115. The van der Waals surface area contributed by atoms with Gasteiger partial charge in [0.05, 0.1) is 0 Å². The molecule has 1 N–H and O–H groups in total. The molecule has 0 spiro atoms. The summed E-state index contributed by atoms with van der Waals surface area (Å²) in [6.45, 7) is 4.77. The van der Waals surface area contributed by atoms with E-state index in [0.29, 0.717) is 30.8 Å². The number of para-hydroxylation sites is 1. The van der Waals surface area contributed by atoms with Crippen LogP contribution in [-0.4, -0.2) is 54.8 Å². The number of fused-ring (bicyclic) bond motifs is 1. The summed E-state index contributed by atoms with van der Waals surface area (Å²) in [6.07, 6.45) is 0.349. The van der Waals surface area contributed by atoms with Crippen molar-refractivity contribution in [2.24, 2.45) is 0 Å². The zero-order chi connectivity index (χ0) is 16.4. The summed E-state index contributed by atoms with van der Waals surface area (Å²) < 4.78 is 5.77. The van der Waals surface area contributed by atoms with E-state index in [1.165, 1.54) is 0 Å². The lowest BCUT2D eigenvalue weighted by Gasteiger charge is -2.31. The molecule has 0 unspecified atom stereocenters. The summed E-state index contributed by atoms with van der Waals surface area (Å²) in [5.41, 5.74) is 1.09. The van der Waals surface area contributed by atoms with Crippen LogP contribution in [0.4, 0.5) is 5.69 Å². The molecule has 3 rings (SSSR count). The number of hydrogen-bond donors (Lipinski definition) is 1. The Bertz CT molecular complexity index is 730. The molecule has 1 saturated heterocycles. The van der Waals surface area contributed by atoms with Gasteiger partial charge in [-0.1, -0.05) is 19.1 Å². The highest BCUT2D eigenvalue weighted by atomic mass is 16.3. The minimum atomic E-state index is -0.166. The van der Waals surface area contributed by atoms with E-state index in [2.05, 4.69) is 10.2 Å². The van der Waals surface area contributed by atoms with E-state index in [9.17, 15) is 9.59 Å². The molecular weight excluding hydrogens is 294 g/mol. The minimum Gasteiger partial charge on any atom is -0.449 e. The van der Waals surface area contributed by atoms with Crippen molar-refractivity contribution in [1.82, 2.24) is 9.80 Å². The van der Waals surface area contributed by atoms with E-state index in [1.807, 2.05) is 25.2 Å². The second kappa shape index (κ2) is 6.42. The molecule has 0 radical (unpaired) electrons. The maximum Gasteiger partial charge on any atom is 0.291 e. The summed E-state index contributed by atoms with van der Waals surface area (Å²) in [7, 11) is 2.04. The number of carbonyl (C=O) groups is 2. The van der Waals surface area contributed by atoms with Crippen molar-refractivity contribution < 1.29 is 14.0 Å². The molecule has 6 nitrogen and oxygen atoms in total. The number of rotatable bonds is 3. The van der Waals surface area contributed by atoms with Crippen LogP contribution in [-0.2, 0) is 4.79 Å². The zero-order valence-electron chi connectivity index (χ0n) is 13.5. The molecule has 1 aromatic heterocycles. The molecule has 2 heterocycles. The van der Waals surface area contributed by atoms with Crippen molar-refractivity contribution >= 4 is 28.5 Å². The number of piperazine rings is 1. The van der Waals surface area contributed by atoms with Gasteiger partial charge in [-0.2, -0.15) is 0 Å². The Morgan fingerprint density at radius 1 is 1.17 bits per heavy atom. The van der Waals surface area contributed by atoms with Crippen molar-refractivity contribution in [2.45, 2.75) is 13.3 Å². The van der Waals surface area contributed by atoms with Crippen LogP contribution in [0.2, 0.25) is 0 Å². The molecule has 1 aliphatic rings. The smallest absolute Gasteiger partial charge is 0.291 e. The Balaban J connectivity index is 1.97. The zero-order valence-corrected chi connectivity index (χ0v) is 13.5. The third-order valence-corrected chi connectivity index (χ3v) is 4.17. The highest BCUT2D eigenvalue weighted by molar-refractivity contribution is 6.10. The second-order valence-corrected chi connectivity index (χ2v) is 5.80. The molecule has 6 heteroatoms. The molecule has 1 aliphatic heterocycles. The summed E-state index contributed by atoms with van der Waals surface area (Å²) in [6, 6.07) is 7.37. The summed E-state index contributed by atoms with van der Waals surface area (Å²) in [5.74, 6) is -0.0813. The van der Waals surface area contributed by atoms with Crippen LogP contribution in [0.3, 0.4) is 0 Å². The summed E-state index contributed by atoms with van der Waals surface area (Å²) >= 11 is 0. The Morgan fingerprint density at radius 2 is 1.87 bits per heavy atom. The molecule has 23 heavy (non-hydrogen) atoms. The number of hydrogen-bond acceptors (Lipinski definition) is 4. The van der Waals surface area contributed by atoms with Crippen LogP contribution in [0.25, 0.3) is 11.0 Å². The van der Waals surface area contributed by atoms with Gasteiger partial charge >= 0.3 is 0 Å². The van der Waals surface area contributed by atoms with Crippen molar-refractivity contribution in [3.63, 3.8) is 0 Å². The van der Waals surface area contributed by atoms with Gasteiger partial charge in [0.25, 0.3) is 5.91 Å². The van der Waals surface area contributed by atoms with E-state index in [0.717, 1.165) is 18.5 Å². The lowest BCUT2D eigenvalue weighted by Crippen LogP contribution is -2.47. The third kappa shape index (κ3) is 3.07.